The number of hydrogen-bond donors (Lipinski definition) is 1. The molecule has 0 bridgehead atoms. The molecule has 2 heterocycles. The van der Waals surface area contributed by atoms with Crippen molar-refractivity contribution in [3.63, 3.8) is 0 Å². The van der Waals surface area contributed by atoms with Crippen molar-refractivity contribution in [3.8, 4) is 0 Å². The lowest BCUT2D eigenvalue weighted by atomic mass is 10.1. The van der Waals surface area contributed by atoms with Crippen molar-refractivity contribution < 1.29 is 13.9 Å². The Morgan fingerprint density at radius 2 is 1.79 bits per heavy atom. The Morgan fingerprint density at radius 1 is 1.06 bits per heavy atom. The summed E-state index contributed by atoms with van der Waals surface area (Å²) in [5.41, 5.74) is 2.65. The first kappa shape index (κ1) is 23.4. The summed E-state index contributed by atoms with van der Waals surface area (Å²) in [6, 6.07) is 18.7. The first-order valence-electron chi connectivity index (χ1n) is 10.8. The Labute approximate surface area is 202 Å². The number of benzene rings is 2. The number of carbonyl (C=O) groups is 1. The maximum Gasteiger partial charge on any atom is 0.340 e. The largest absolute Gasteiger partial charge is 0.465 e. The van der Waals surface area contributed by atoms with Gasteiger partial charge in [-0.2, -0.15) is 0 Å². The lowest BCUT2D eigenvalue weighted by molar-refractivity contribution is 0.0602. The third-order valence-corrected chi connectivity index (χ3v) is 7.00. The molecular formula is C25H26FN3O2S2. The van der Waals surface area contributed by atoms with Gasteiger partial charge in [-0.1, -0.05) is 42.5 Å². The van der Waals surface area contributed by atoms with Crippen LogP contribution < -0.4 is 5.32 Å². The van der Waals surface area contributed by atoms with E-state index in [4.69, 9.17) is 17.0 Å². The average Bonchev–Trinajstić information content (AvgIpc) is 3.21. The number of halogens is 1. The summed E-state index contributed by atoms with van der Waals surface area (Å²) in [7, 11) is 1.39. The van der Waals surface area contributed by atoms with Crippen LogP contribution in [0.15, 0.2) is 60.7 Å². The molecule has 172 valence electrons. The van der Waals surface area contributed by atoms with Gasteiger partial charge in [0.15, 0.2) is 5.11 Å². The highest BCUT2D eigenvalue weighted by Gasteiger charge is 2.22. The summed E-state index contributed by atoms with van der Waals surface area (Å²) < 4.78 is 18.4. The first-order valence-corrected chi connectivity index (χ1v) is 12.0. The number of nitrogens with one attached hydrogen (secondary N) is 1. The number of thiophene rings is 1. The van der Waals surface area contributed by atoms with Crippen molar-refractivity contribution >= 4 is 39.6 Å². The summed E-state index contributed by atoms with van der Waals surface area (Å²) in [5, 5.41) is 4.58. The molecule has 4 rings (SSSR count). The van der Waals surface area contributed by atoms with Crippen LogP contribution in [0.3, 0.4) is 0 Å². The van der Waals surface area contributed by atoms with E-state index < -0.39 is 0 Å². The molecule has 0 saturated carbocycles. The van der Waals surface area contributed by atoms with Crippen LogP contribution in [-0.4, -0.2) is 54.2 Å². The van der Waals surface area contributed by atoms with E-state index in [2.05, 4.69) is 27.2 Å². The van der Waals surface area contributed by atoms with Gasteiger partial charge in [-0.3, -0.25) is 4.90 Å². The number of piperazine rings is 1. The number of thiocarbonyl (C=S) groups is 1. The molecule has 2 aromatic carbocycles. The Balaban J connectivity index is 1.38. The fourth-order valence-electron chi connectivity index (χ4n) is 3.86. The fraction of sp³-hybridized carbons (Fsp3) is 0.280. The van der Waals surface area contributed by atoms with Gasteiger partial charge in [0, 0.05) is 44.0 Å². The zero-order valence-electron chi connectivity index (χ0n) is 18.4. The molecule has 1 aliphatic heterocycles. The van der Waals surface area contributed by atoms with Gasteiger partial charge in [0.25, 0.3) is 0 Å². The number of rotatable bonds is 6. The molecule has 1 aliphatic rings. The highest BCUT2D eigenvalue weighted by molar-refractivity contribution is 7.80. The van der Waals surface area contributed by atoms with E-state index in [1.54, 1.807) is 12.1 Å². The molecule has 0 radical (unpaired) electrons. The van der Waals surface area contributed by atoms with Crippen molar-refractivity contribution in [2.24, 2.45) is 0 Å². The van der Waals surface area contributed by atoms with Crippen LogP contribution >= 0.6 is 23.6 Å². The lowest BCUT2D eigenvalue weighted by Crippen LogP contribution is -2.49. The minimum atomic E-state index is -0.379. The molecule has 5 nitrogen and oxygen atoms in total. The maximum atomic E-state index is 13.5. The summed E-state index contributed by atoms with van der Waals surface area (Å²) in [5.74, 6) is -0.587. The second-order valence-electron chi connectivity index (χ2n) is 7.93. The number of carbonyl (C=O) groups excluding carboxylic acids is 1. The Bertz CT molecular complexity index is 1110. The fourth-order valence-corrected chi connectivity index (χ4v) is 5.29. The van der Waals surface area contributed by atoms with Crippen LogP contribution in [0.4, 0.5) is 9.39 Å². The molecule has 0 amide bonds. The number of esters is 1. The van der Waals surface area contributed by atoms with Crippen molar-refractivity contribution in [3.05, 3.63) is 88.0 Å². The molecule has 33 heavy (non-hydrogen) atoms. The maximum absolute atomic E-state index is 13.5. The summed E-state index contributed by atoms with van der Waals surface area (Å²) in [6.45, 7) is 3.89. The van der Waals surface area contributed by atoms with Crippen LogP contribution in [0.25, 0.3) is 0 Å². The average molecular weight is 484 g/mol. The van der Waals surface area contributed by atoms with Crippen molar-refractivity contribution in [1.82, 2.24) is 9.80 Å². The lowest BCUT2D eigenvalue weighted by Gasteiger charge is -2.36. The SMILES string of the molecule is COC(=O)c1cc(Cc2ccccc2)sc1NC(=S)N1CCN(Cc2cccc(F)c2)CC1. The van der Waals surface area contributed by atoms with Crippen LogP contribution in [-0.2, 0) is 17.7 Å². The second kappa shape index (κ2) is 10.9. The van der Waals surface area contributed by atoms with Gasteiger partial charge in [0.1, 0.15) is 10.8 Å². The van der Waals surface area contributed by atoms with E-state index in [-0.39, 0.29) is 11.8 Å². The number of methoxy groups -OCH3 is 1. The quantitative estimate of drug-likeness (QED) is 0.402. The van der Waals surface area contributed by atoms with E-state index in [0.717, 1.165) is 43.0 Å². The predicted octanol–water partition coefficient (Wildman–Crippen LogP) is 4.78. The van der Waals surface area contributed by atoms with E-state index in [9.17, 15) is 9.18 Å². The summed E-state index contributed by atoms with van der Waals surface area (Å²) in [6.07, 6.45) is 0.739. The summed E-state index contributed by atoms with van der Waals surface area (Å²) in [4.78, 5) is 17.8. The molecule has 3 aromatic rings. The molecule has 0 spiro atoms. The number of nitrogens with zero attached hydrogens (tertiary/aromatic N) is 2. The van der Waals surface area contributed by atoms with Crippen molar-refractivity contribution in [2.45, 2.75) is 13.0 Å². The molecule has 1 fully saturated rings. The zero-order chi connectivity index (χ0) is 23.2. The van der Waals surface area contributed by atoms with Gasteiger partial charge in [-0.15, -0.1) is 11.3 Å². The minimum Gasteiger partial charge on any atom is -0.465 e. The Hall–Kier alpha value is -2.81. The van der Waals surface area contributed by atoms with E-state index in [0.29, 0.717) is 22.2 Å². The number of ether oxygens (including phenoxy) is 1. The highest BCUT2D eigenvalue weighted by Crippen LogP contribution is 2.31. The highest BCUT2D eigenvalue weighted by atomic mass is 32.1. The van der Waals surface area contributed by atoms with E-state index in [1.165, 1.54) is 30.1 Å². The number of anilines is 1. The molecular weight excluding hydrogens is 457 g/mol. The molecule has 1 saturated heterocycles. The minimum absolute atomic E-state index is 0.208. The predicted molar refractivity (Wildman–Crippen MR) is 134 cm³/mol. The third kappa shape index (κ3) is 6.16. The third-order valence-electron chi connectivity index (χ3n) is 5.58. The Morgan fingerprint density at radius 3 is 2.48 bits per heavy atom. The Kier molecular flexibility index (Phi) is 7.69. The summed E-state index contributed by atoms with van der Waals surface area (Å²) >= 11 is 7.19. The topological polar surface area (TPSA) is 44.8 Å². The first-order chi connectivity index (χ1) is 16.0. The molecule has 0 unspecified atom stereocenters. The smallest absolute Gasteiger partial charge is 0.340 e. The van der Waals surface area contributed by atoms with Gasteiger partial charge in [-0.05, 0) is 41.5 Å². The van der Waals surface area contributed by atoms with E-state index >= 15 is 0 Å². The molecule has 0 aliphatic carbocycles. The van der Waals surface area contributed by atoms with Crippen LogP contribution in [0.5, 0.6) is 0 Å². The monoisotopic (exact) mass is 483 g/mol. The van der Waals surface area contributed by atoms with Crippen molar-refractivity contribution in [2.75, 3.05) is 38.6 Å². The van der Waals surface area contributed by atoms with Gasteiger partial charge < -0.3 is 15.0 Å². The van der Waals surface area contributed by atoms with Gasteiger partial charge >= 0.3 is 5.97 Å². The molecule has 8 heteroatoms. The van der Waals surface area contributed by atoms with Crippen LogP contribution in [0.2, 0.25) is 0 Å². The molecule has 1 aromatic heterocycles. The molecule has 0 atom stereocenters. The van der Waals surface area contributed by atoms with Crippen LogP contribution in [0, 0.1) is 5.82 Å². The standard InChI is InChI=1S/C25H26FN3O2S2/c1-31-24(30)22-16-21(15-18-6-3-2-4-7-18)33-23(22)27-25(32)29-12-10-28(11-13-29)17-19-8-5-9-20(26)14-19/h2-9,14,16H,10-13,15,17H2,1H3,(H,27,32). The normalized spacial score (nSPS) is 14.2. The second-order valence-corrected chi connectivity index (χ2v) is 9.46. The molecule has 1 N–H and O–H groups in total. The number of hydrogen-bond acceptors (Lipinski definition) is 5. The van der Waals surface area contributed by atoms with Gasteiger partial charge in [-0.25, -0.2) is 9.18 Å². The van der Waals surface area contributed by atoms with Gasteiger partial charge in [0.2, 0.25) is 0 Å². The van der Waals surface area contributed by atoms with Gasteiger partial charge in [0.05, 0.1) is 12.7 Å². The van der Waals surface area contributed by atoms with Crippen molar-refractivity contribution in [1.29, 1.82) is 0 Å². The van der Waals surface area contributed by atoms with Crippen LogP contribution in [0.1, 0.15) is 26.4 Å². The van der Waals surface area contributed by atoms with E-state index in [1.807, 2.05) is 30.3 Å². The zero-order valence-corrected chi connectivity index (χ0v) is 20.1.